The molecule has 1 nitrogen and oxygen atoms in total. The Labute approximate surface area is 116 Å². The Hall–Kier alpha value is -1.37. The molecule has 0 unspecified atom stereocenters. The Balaban J connectivity index is 1.92. The second-order valence-corrected chi connectivity index (χ2v) is 6.08. The van der Waals surface area contributed by atoms with Crippen molar-refractivity contribution >= 4 is 5.71 Å². The van der Waals surface area contributed by atoms with Gasteiger partial charge in [-0.3, -0.25) is 4.99 Å². The van der Waals surface area contributed by atoms with Crippen LogP contribution < -0.4 is 0 Å². The highest BCUT2D eigenvalue weighted by atomic mass is 14.8. The van der Waals surface area contributed by atoms with Crippen molar-refractivity contribution in [3.05, 3.63) is 46.7 Å². The van der Waals surface area contributed by atoms with Crippen LogP contribution in [0.1, 0.15) is 57.1 Å². The van der Waals surface area contributed by atoms with Crippen LogP contribution in [-0.2, 0) is 6.42 Å². The highest BCUT2D eigenvalue weighted by Crippen LogP contribution is 2.35. The van der Waals surface area contributed by atoms with Crippen LogP contribution >= 0.6 is 0 Å². The fourth-order valence-electron chi connectivity index (χ4n) is 3.11. The second-order valence-electron chi connectivity index (χ2n) is 6.08. The van der Waals surface area contributed by atoms with Crippen molar-refractivity contribution in [2.45, 2.75) is 52.4 Å². The van der Waals surface area contributed by atoms with E-state index in [1.165, 1.54) is 53.8 Å². The number of hydrogen-bond acceptors (Lipinski definition) is 1. The number of nitrogens with zero attached hydrogens (tertiary/aromatic N) is 1. The van der Waals surface area contributed by atoms with Gasteiger partial charge in [-0.15, -0.1) is 0 Å². The fourth-order valence-corrected chi connectivity index (χ4v) is 3.11. The largest absolute Gasteiger partial charge is 0.258 e. The average Bonchev–Trinajstić information content (AvgIpc) is 2.37. The van der Waals surface area contributed by atoms with Gasteiger partial charge in [-0.25, -0.2) is 0 Å². The van der Waals surface area contributed by atoms with Gasteiger partial charge in [0.1, 0.15) is 0 Å². The Morgan fingerprint density at radius 2 is 1.89 bits per heavy atom. The van der Waals surface area contributed by atoms with E-state index in [0.717, 1.165) is 18.8 Å². The first kappa shape index (κ1) is 12.7. The molecular formula is C18H23N. The molecule has 0 N–H and O–H groups in total. The standard InChI is InChI=1S/C18H23N/c1-13-10-11-16-8-3-4-9-17(16)14(2)19-18(13)12-15-6-5-7-15/h3-4,8-9,15H,5-7,10-12H2,1-2H3. The molecule has 0 spiro atoms. The summed E-state index contributed by atoms with van der Waals surface area (Å²) in [4.78, 5) is 4.98. The number of hydrogen-bond donors (Lipinski definition) is 0. The first-order chi connectivity index (χ1) is 9.24. The van der Waals surface area contributed by atoms with E-state index in [4.69, 9.17) is 4.99 Å². The molecule has 0 bridgehead atoms. The molecule has 0 aromatic heterocycles. The zero-order chi connectivity index (χ0) is 13.2. The van der Waals surface area contributed by atoms with E-state index in [1.54, 1.807) is 0 Å². The lowest BCUT2D eigenvalue weighted by Crippen LogP contribution is -2.13. The van der Waals surface area contributed by atoms with Crippen molar-refractivity contribution in [1.29, 1.82) is 0 Å². The summed E-state index contributed by atoms with van der Waals surface area (Å²) in [6, 6.07) is 8.73. The van der Waals surface area contributed by atoms with Gasteiger partial charge in [0.15, 0.2) is 0 Å². The van der Waals surface area contributed by atoms with E-state index in [9.17, 15) is 0 Å². The smallest absolute Gasteiger partial charge is 0.0450 e. The molecule has 0 atom stereocenters. The van der Waals surface area contributed by atoms with Crippen LogP contribution in [0.15, 0.2) is 40.5 Å². The summed E-state index contributed by atoms with van der Waals surface area (Å²) >= 11 is 0. The molecule has 0 radical (unpaired) electrons. The Bertz CT molecular complexity index is 532. The van der Waals surface area contributed by atoms with Gasteiger partial charge < -0.3 is 0 Å². The quantitative estimate of drug-likeness (QED) is 0.710. The van der Waals surface area contributed by atoms with Gasteiger partial charge in [-0.2, -0.15) is 0 Å². The third-order valence-corrected chi connectivity index (χ3v) is 4.68. The molecule has 1 aromatic carbocycles. The van der Waals surface area contributed by atoms with Crippen LogP contribution in [0.4, 0.5) is 0 Å². The molecule has 19 heavy (non-hydrogen) atoms. The van der Waals surface area contributed by atoms with Crippen LogP contribution in [0.5, 0.6) is 0 Å². The predicted octanol–water partition coefficient (Wildman–Crippen LogP) is 4.91. The molecule has 0 saturated heterocycles. The van der Waals surface area contributed by atoms with E-state index >= 15 is 0 Å². The molecule has 1 aliphatic carbocycles. The molecule has 1 heteroatoms. The molecule has 100 valence electrons. The minimum absolute atomic E-state index is 0.899. The van der Waals surface area contributed by atoms with E-state index in [2.05, 4.69) is 38.1 Å². The lowest BCUT2D eigenvalue weighted by molar-refractivity contribution is 0.312. The zero-order valence-corrected chi connectivity index (χ0v) is 12.1. The van der Waals surface area contributed by atoms with Gasteiger partial charge >= 0.3 is 0 Å². The SMILES string of the molecule is CC1=NC(CC2CCC2)=C(C)CCc2ccccc21. The number of allylic oxidation sites excluding steroid dienone is 2. The minimum atomic E-state index is 0.899. The van der Waals surface area contributed by atoms with Crippen molar-refractivity contribution in [3.8, 4) is 0 Å². The Morgan fingerprint density at radius 1 is 1.11 bits per heavy atom. The number of rotatable bonds is 2. The van der Waals surface area contributed by atoms with Crippen molar-refractivity contribution in [2.75, 3.05) is 0 Å². The lowest BCUT2D eigenvalue weighted by atomic mass is 9.81. The molecule has 1 fully saturated rings. The maximum Gasteiger partial charge on any atom is 0.0450 e. The predicted molar refractivity (Wildman–Crippen MR) is 81.6 cm³/mol. The van der Waals surface area contributed by atoms with Gasteiger partial charge in [0.2, 0.25) is 0 Å². The van der Waals surface area contributed by atoms with E-state index < -0.39 is 0 Å². The van der Waals surface area contributed by atoms with Crippen LogP contribution in [0.2, 0.25) is 0 Å². The van der Waals surface area contributed by atoms with Crippen LogP contribution in [0, 0.1) is 5.92 Å². The first-order valence-corrected chi connectivity index (χ1v) is 7.56. The molecule has 1 aromatic rings. The molecule has 3 rings (SSSR count). The first-order valence-electron chi connectivity index (χ1n) is 7.56. The monoisotopic (exact) mass is 253 g/mol. The summed E-state index contributed by atoms with van der Waals surface area (Å²) in [5.74, 6) is 0.899. The summed E-state index contributed by atoms with van der Waals surface area (Å²) in [5, 5.41) is 0. The fraction of sp³-hybridized carbons (Fsp3) is 0.500. The zero-order valence-electron chi connectivity index (χ0n) is 12.1. The van der Waals surface area contributed by atoms with Gasteiger partial charge in [0, 0.05) is 11.4 Å². The summed E-state index contributed by atoms with van der Waals surface area (Å²) < 4.78 is 0. The van der Waals surface area contributed by atoms with Crippen LogP contribution in [0.25, 0.3) is 0 Å². The summed E-state index contributed by atoms with van der Waals surface area (Å²) in [7, 11) is 0. The maximum absolute atomic E-state index is 4.98. The summed E-state index contributed by atoms with van der Waals surface area (Å²) in [6.45, 7) is 4.44. The van der Waals surface area contributed by atoms with Gasteiger partial charge in [-0.05, 0) is 50.2 Å². The number of fused-ring (bicyclic) bond motifs is 1. The molecule has 1 aliphatic heterocycles. The van der Waals surface area contributed by atoms with E-state index in [0.29, 0.717) is 0 Å². The topological polar surface area (TPSA) is 12.4 Å². The molecule has 2 aliphatic rings. The van der Waals surface area contributed by atoms with E-state index in [1.807, 2.05) is 0 Å². The van der Waals surface area contributed by atoms with Crippen molar-refractivity contribution in [2.24, 2.45) is 10.9 Å². The van der Waals surface area contributed by atoms with Gasteiger partial charge in [0.25, 0.3) is 0 Å². The minimum Gasteiger partial charge on any atom is -0.258 e. The lowest BCUT2D eigenvalue weighted by Gasteiger charge is -2.27. The maximum atomic E-state index is 4.98. The van der Waals surface area contributed by atoms with E-state index in [-0.39, 0.29) is 0 Å². The molecular weight excluding hydrogens is 230 g/mol. The summed E-state index contributed by atoms with van der Waals surface area (Å²) in [6.07, 6.45) is 7.75. The summed E-state index contributed by atoms with van der Waals surface area (Å²) in [5.41, 5.74) is 6.87. The van der Waals surface area contributed by atoms with Crippen molar-refractivity contribution < 1.29 is 0 Å². The average molecular weight is 253 g/mol. The highest BCUT2D eigenvalue weighted by Gasteiger charge is 2.21. The number of aliphatic imine (C=N–C) groups is 1. The number of benzene rings is 1. The van der Waals surface area contributed by atoms with Crippen molar-refractivity contribution in [3.63, 3.8) is 0 Å². The molecule has 0 amide bonds. The van der Waals surface area contributed by atoms with Crippen molar-refractivity contribution in [1.82, 2.24) is 0 Å². The van der Waals surface area contributed by atoms with Gasteiger partial charge in [-0.1, -0.05) is 49.1 Å². The molecule has 1 saturated carbocycles. The Morgan fingerprint density at radius 3 is 2.63 bits per heavy atom. The second kappa shape index (κ2) is 5.32. The van der Waals surface area contributed by atoms with Crippen LogP contribution in [0.3, 0.4) is 0 Å². The number of aryl methyl sites for hydroxylation is 1. The normalized spacial score (nSPS) is 20.2. The Kier molecular flexibility index (Phi) is 3.54. The van der Waals surface area contributed by atoms with Gasteiger partial charge in [0.05, 0.1) is 0 Å². The molecule has 1 heterocycles. The highest BCUT2D eigenvalue weighted by molar-refractivity contribution is 6.00. The third kappa shape index (κ3) is 2.65. The van der Waals surface area contributed by atoms with Crippen LogP contribution in [-0.4, -0.2) is 5.71 Å². The third-order valence-electron chi connectivity index (χ3n) is 4.68.